The van der Waals surface area contributed by atoms with Gasteiger partial charge < -0.3 is 14.5 Å². The van der Waals surface area contributed by atoms with Gasteiger partial charge in [-0.05, 0) is 38.5 Å². The second-order valence-electron chi connectivity index (χ2n) is 8.10. The monoisotopic (exact) mass is 346 g/mol. The Hall–Kier alpha value is -1.36. The van der Waals surface area contributed by atoms with E-state index in [4.69, 9.17) is 4.52 Å². The van der Waals surface area contributed by atoms with E-state index >= 15 is 0 Å². The van der Waals surface area contributed by atoms with E-state index in [9.17, 15) is 9.90 Å². The summed E-state index contributed by atoms with van der Waals surface area (Å²) in [6.07, 6.45) is 13.9. The zero-order chi connectivity index (χ0) is 17.2. The lowest BCUT2D eigenvalue weighted by Gasteiger charge is -2.41. The van der Waals surface area contributed by atoms with Crippen LogP contribution in [0.25, 0.3) is 0 Å². The molecular weight excluding hydrogens is 316 g/mol. The number of carbonyl (C=O) groups excluding carboxylic acids is 1. The number of hydrogen-bond acceptors (Lipinski definition) is 4. The van der Waals surface area contributed by atoms with Crippen molar-refractivity contribution in [1.82, 2.24) is 10.1 Å². The van der Waals surface area contributed by atoms with Gasteiger partial charge in [0.2, 0.25) is 0 Å². The molecule has 0 spiro atoms. The molecule has 1 heterocycles. The number of rotatable bonds is 5. The fraction of sp³-hybridized carbons (Fsp3) is 0.800. The first-order valence-electron chi connectivity index (χ1n) is 10.2. The van der Waals surface area contributed by atoms with Crippen molar-refractivity contribution < 1.29 is 14.4 Å². The van der Waals surface area contributed by atoms with E-state index in [0.717, 1.165) is 44.3 Å². The Kier molecular flexibility index (Phi) is 5.11. The summed E-state index contributed by atoms with van der Waals surface area (Å²) in [4.78, 5) is 15.6. The van der Waals surface area contributed by atoms with E-state index < -0.39 is 0 Å². The third kappa shape index (κ3) is 3.48. The molecule has 0 bridgehead atoms. The Morgan fingerprint density at radius 1 is 0.960 bits per heavy atom. The highest BCUT2D eigenvalue weighted by molar-refractivity contribution is 5.94. The fourth-order valence-electron chi connectivity index (χ4n) is 4.78. The van der Waals surface area contributed by atoms with Crippen LogP contribution in [-0.2, 0) is 6.61 Å². The van der Waals surface area contributed by atoms with Gasteiger partial charge in [0, 0.05) is 18.0 Å². The molecule has 5 nitrogen and oxygen atoms in total. The quantitative estimate of drug-likeness (QED) is 0.869. The summed E-state index contributed by atoms with van der Waals surface area (Å²) in [5, 5.41) is 14.0. The van der Waals surface area contributed by atoms with Gasteiger partial charge in [-0.3, -0.25) is 4.79 Å². The number of aliphatic hydroxyl groups is 1. The zero-order valence-corrected chi connectivity index (χ0v) is 15.1. The molecule has 1 amide bonds. The second-order valence-corrected chi connectivity index (χ2v) is 8.10. The van der Waals surface area contributed by atoms with Gasteiger partial charge in [0.15, 0.2) is 5.69 Å². The van der Waals surface area contributed by atoms with Crippen LogP contribution in [0.3, 0.4) is 0 Å². The van der Waals surface area contributed by atoms with Crippen molar-refractivity contribution in [3.05, 3.63) is 17.0 Å². The molecule has 1 aromatic heterocycles. The lowest BCUT2D eigenvalue weighted by Crippen LogP contribution is -2.49. The molecule has 0 aromatic carbocycles. The molecule has 3 fully saturated rings. The van der Waals surface area contributed by atoms with Gasteiger partial charge >= 0.3 is 0 Å². The highest BCUT2D eigenvalue weighted by Gasteiger charge is 2.38. The van der Waals surface area contributed by atoms with Gasteiger partial charge in [0.05, 0.1) is 12.2 Å². The molecule has 3 aliphatic rings. The lowest BCUT2D eigenvalue weighted by atomic mass is 9.88. The third-order valence-corrected chi connectivity index (χ3v) is 6.30. The predicted octanol–water partition coefficient (Wildman–Crippen LogP) is 4.15. The maximum Gasteiger partial charge on any atom is 0.276 e. The van der Waals surface area contributed by atoms with Crippen molar-refractivity contribution >= 4 is 5.91 Å². The first kappa shape index (κ1) is 17.1. The average Bonchev–Trinajstić information content (AvgIpc) is 3.42. The van der Waals surface area contributed by atoms with Crippen LogP contribution < -0.4 is 0 Å². The third-order valence-electron chi connectivity index (χ3n) is 6.30. The van der Waals surface area contributed by atoms with Gasteiger partial charge in [0.1, 0.15) is 5.76 Å². The predicted molar refractivity (Wildman–Crippen MR) is 94.3 cm³/mol. The van der Waals surface area contributed by atoms with Crippen molar-refractivity contribution in [3.8, 4) is 0 Å². The van der Waals surface area contributed by atoms with E-state index in [1.165, 1.54) is 38.5 Å². The summed E-state index contributed by atoms with van der Waals surface area (Å²) in [7, 11) is 0. The van der Waals surface area contributed by atoms with Crippen molar-refractivity contribution in [1.29, 1.82) is 0 Å². The van der Waals surface area contributed by atoms with Crippen molar-refractivity contribution in [2.75, 3.05) is 0 Å². The minimum atomic E-state index is -0.153. The fourth-order valence-corrected chi connectivity index (χ4v) is 4.78. The molecule has 4 rings (SSSR count). The maximum absolute atomic E-state index is 13.5. The molecule has 0 unspecified atom stereocenters. The van der Waals surface area contributed by atoms with E-state index in [2.05, 4.69) is 10.1 Å². The zero-order valence-electron chi connectivity index (χ0n) is 15.1. The minimum Gasteiger partial charge on any atom is -0.391 e. The summed E-state index contributed by atoms with van der Waals surface area (Å²) in [6.45, 7) is -0.153. The van der Waals surface area contributed by atoms with Crippen LogP contribution in [0, 0.1) is 0 Å². The molecule has 0 atom stereocenters. The molecule has 138 valence electrons. The van der Waals surface area contributed by atoms with E-state index in [1.807, 2.05) is 0 Å². The maximum atomic E-state index is 13.5. The molecular formula is C20H30N2O3. The van der Waals surface area contributed by atoms with Crippen LogP contribution in [0.5, 0.6) is 0 Å². The number of nitrogens with zero attached hydrogens (tertiary/aromatic N) is 2. The second kappa shape index (κ2) is 7.48. The van der Waals surface area contributed by atoms with Gasteiger partial charge in [-0.1, -0.05) is 43.7 Å². The highest BCUT2D eigenvalue weighted by Crippen LogP contribution is 2.43. The normalized spacial score (nSPS) is 22.9. The summed E-state index contributed by atoms with van der Waals surface area (Å²) in [6, 6.07) is 0.661. The summed E-state index contributed by atoms with van der Waals surface area (Å²) in [5.74, 6) is 1.10. The molecule has 0 aliphatic heterocycles. The highest BCUT2D eigenvalue weighted by atomic mass is 16.5. The summed E-state index contributed by atoms with van der Waals surface area (Å²) >= 11 is 0. The Labute approximate surface area is 149 Å². The lowest BCUT2D eigenvalue weighted by molar-refractivity contribution is 0.0436. The SMILES string of the molecule is O=C(c1noc(C2CC2)c1CO)N(C1CCCCC1)C1CCCCC1. The largest absolute Gasteiger partial charge is 0.391 e. The standard InChI is InChI=1S/C20H30N2O3/c23-13-17-18(21-25-19(17)14-11-12-14)20(24)22(15-7-3-1-4-8-15)16-9-5-2-6-10-16/h14-16,23H,1-13H2. The Morgan fingerprint density at radius 2 is 1.52 bits per heavy atom. The number of hydrogen-bond donors (Lipinski definition) is 1. The van der Waals surface area contributed by atoms with Crippen LogP contribution in [0.4, 0.5) is 0 Å². The average molecular weight is 346 g/mol. The molecule has 1 aromatic rings. The van der Waals surface area contributed by atoms with Gasteiger partial charge in [-0.15, -0.1) is 0 Å². The van der Waals surface area contributed by atoms with Gasteiger partial charge in [-0.2, -0.15) is 0 Å². The molecule has 3 aliphatic carbocycles. The Morgan fingerprint density at radius 3 is 2.00 bits per heavy atom. The minimum absolute atomic E-state index is 0.00139. The van der Waals surface area contributed by atoms with Gasteiger partial charge in [0.25, 0.3) is 5.91 Å². The van der Waals surface area contributed by atoms with Crippen molar-refractivity contribution in [3.63, 3.8) is 0 Å². The topological polar surface area (TPSA) is 66.6 Å². The number of carbonyl (C=O) groups is 1. The Bertz CT molecular complexity index is 578. The number of aliphatic hydroxyl groups excluding tert-OH is 1. The van der Waals surface area contributed by atoms with E-state index in [-0.39, 0.29) is 12.5 Å². The Balaban J connectivity index is 1.62. The molecule has 0 saturated heterocycles. The molecule has 5 heteroatoms. The van der Waals surface area contributed by atoms with Crippen LogP contribution in [0.15, 0.2) is 4.52 Å². The van der Waals surface area contributed by atoms with Crippen LogP contribution >= 0.6 is 0 Å². The number of amides is 1. The molecule has 1 N–H and O–H groups in total. The van der Waals surface area contributed by atoms with Gasteiger partial charge in [-0.25, -0.2) is 0 Å². The van der Waals surface area contributed by atoms with E-state index in [0.29, 0.717) is 29.3 Å². The molecule has 3 saturated carbocycles. The summed E-state index contributed by atoms with van der Waals surface area (Å²) in [5.41, 5.74) is 1.02. The summed E-state index contributed by atoms with van der Waals surface area (Å²) < 4.78 is 5.50. The number of aromatic nitrogens is 1. The first-order valence-corrected chi connectivity index (χ1v) is 10.2. The van der Waals surface area contributed by atoms with Crippen LogP contribution in [0.1, 0.15) is 105 Å². The molecule has 0 radical (unpaired) electrons. The van der Waals surface area contributed by atoms with Crippen molar-refractivity contribution in [2.45, 2.75) is 102 Å². The van der Waals surface area contributed by atoms with Crippen molar-refractivity contribution in [2.24, 2.45) is 0 Å². The van der Waals surface area contributed by atoms with Crippen LogP contribution in [-0.4, -0.2) is 33.2 Å². The first-order chi connectivity index (χ1) is 12.3. The molecule has 25 heavy (non-hydrogen) atoms. The van der Waals surface area contributed by atoms with Crippen LogP contribution in [0.2, 0.25) is 0 Å². The smallest absolute Gasteiger partial charge is 0.276 e. The van der Waals surface area contributed by atoms with E-state index in [1.54, 1.807) is 0 Å².